The van der Waals surface area contributed by atoms with E-state index in [1.54, 1.807) is 25.1 Å². The number of aryl methyl sites for hydroxylation is 1. The van der Waals surface area contributed by atoms with Crippen LogP contribution in [0, 0.1) is 6.92 Å². The zero-order valence-corrected chi connectivity index (χ0v) is 14.9. The Morgan fingerprint density at radius 3 is 2.60 bits per heavy atom. The fourth-order valence-electron chi connectivity index (χ4n) is 2.35. The summed E-state index contributed by atoms with van der Waals surface area (Å²) in [6, 6.07) is 16.1. The fraction of sp³-hybridized carbons (Fsp3) is 0.105. The maximum Gasteiger partial charge on any atom is 0.344 e. The minimum Gasteiger partial charge on any atom is -0.454 e. The molecule has 0 aliphatic carbocycles. The topological polar surface area (TPSA) is 69.4 Å². The summed E-state index contributed by atoms with van der Waals surface area (Å²) in [6.07, 6.45) is 0. The van der Waals surface area contributed by atoms with E-state index in [1.165, 1.54) is 0 Å². The molecule has 0 bridgehead atoms. The van der Waals surface area contributed by atoms with Gasteiger partial charge in [-0.25, -0.2) is 4.79 Å². The molecule has 0 unspecified atom stereocenters. The highest BCUT2D eigenvalue weighted by Crippen LogP contribution is 2.25. The number of carbonyl (C=O) groups is 2. The van der Waals surface area contributed by atoms with Crippen molar-refractivity contribution in [2.75, 3.05) is 6.61 Å². The monoisotopic (exact) mass is 399 g/mol. The van der Waals surface area contributed by atoms with Crippen LogP contribution in [0.5, 0.6) is 0 Å². The van der Waals surface area contributed by atoms with Gasteiger partial charge in [0.2, 0.25) is 0 Å². The SMILES string of the molecule is Cc1onc(-c2ccccc2)c1C(=O)OCC(=O)c1cccc(Br)c1. The Kier molecular flexibility index (Phi) is 5.09. The molecule has 0 atom stereocenters. The smallest absolute Gasteiger partial charge is 0.344 e. The van der Waals surface area contributed by atoms with E-state index in [2.05, 4.69) is 21.1 Å². The van der Waals surface area contributed by atoms with E-state index in [-0.39, 0.29) is 18.0 Å². The molecule has 0 aliphatic heterocycles. The van der Waals surface area contributed by atoms with E-state index < -0.39 is 5.97 Å². The van der Waals surface area contributed by atoms with Crippen LogP contribution in [0.3, 0.4) is 0 Å². The number of esters is 1. The summed E-state index contributed by atoms with van der Waals surface area (Å²) in [5.41, 5.74) is 1.84. The molecular formula is C19H14BrNO4. The summed E-state index contributed by atoms with van der Waals surface area (Å²) in [4.78, 5) is 24.6. The van der Waals surface area contributed by atoms with E-state index in [0.717, 1.165) is 10.0 Å². The minimum atomic E-state index is -0.638. The third-order valence-electron chi connectivity index (χ3n) is 3.60. The Labute approximate surface area is 152 Å². The number of carbonyl (C=O) groups excluding carboxylic acids is 2. The zero-order valence-electron chi connectivity index (χ0n) is 13.4. The summed E-state index contributed by atoms with van der Waals surface area (Å²) in [5.74, 6) is -0.579. The Balaban J connectivity index is 1.76. The molecular weight excluding hydrogens is 386 g/mol. The molecule has 0 saturated heterocycles. The molecule has 1 aromatic heterocycles. The molecule has 0 N–H and O–H groups in total. The first kappa shape index (κ1) is 17.1. The Bertz CT molecular complexity index is 918. The summed E-state index contributed by atoms with van der Waals surface area (Å²) < 4.78 is 11.1. The zero-order chi connectivity index (χ0) is 17.8. The van der Waals surface area contributed by atoms with Crippen LogP contribution in [0.1, 0.15) is 26.5 Å². The lowest BCUT2D eigenvalue weighted by molar-refractivity contribution is 0.0473. The summed E-state index contributed by atoms with van der Waals surface area (Å²) in [5, 5.41) is 3.94. The van der Waals surface area contributed by atoms with Crippen LogP contribution in [0.4, 0.5) is 0 Å². The average molecular weight is 400 g/mol. The van der Waals surface area contributed by atoms with Crippen molar-refractivity contribution < 1.29 is 18.8 Å². The minimum absolute atomic E-state index is 0.230. The number of hydrogen-bond donors (Lipinski definition) is 0. The molecule has 3 aromatic rings. The lowest BCUT2D eigenvalue weighted by Crippen LogP contribution is -2.15. The van der Waals surface area contributed by atoms with Gasteiger partial charge < -0.3 is 9.26 Å². The maximum absolute atomic E-state index is 12.4. The fourth-order valence-corrected chi connectivity index (χ4v) is 2.75. The standard InChI is InChI=1S/C19H14BrNO4/c1-12-17(18(21-25-12)13-6-3-2-4-7-13)19(23)24-11-16(22)14-8-5-9-15(20)10-14/h2-10H,11H2,1H3. The number of benzene rings is 2. The van der Waals surface area contributed by atoms with Crippen LogP contribution in [0.15, 0.2) is 63.6 Å². The molecule has 1 heterocycles. The highest BCUT2D eigenvalue weighted by Gasteiger charge is 2.23. The van der Waals surface area contributed by atoms with Gasteiger partial charge in [0.1, 0.15) is 17.0 Å². The Hall–Kier alpha value is -2.73. The summed E-state index contributed by atoms with van der Waals surface area (Å²) >= 11 is 3.31. The van der Waals surface area contributed by atoms with E-state index in [1.807, 2.05) is 36.4 Å². The van der Waals surface area contributed by atoms with E-state index in [9.17, 15) is 9.59 Å². The number of ketones is 1. The van der Waals surface area contributed by atoms with E-state index >= 15 is 0 Å². The van der Waals surface area contributed by atoms with Crippen molar-refractivity contribution in [3.63, 3.8) is 0 Å². The molecule has 126 valence electrons. The van der Waals surface area contributed by atoms with Gasteiger partial charge in [-0.15, -0.1) is 0 Å². The predicted octanol–water partition coefficient (Wildman–Crippen LogP) is 4.45. The lowest BCUT2D eigenvalue weighted by atomic mass is 10.1. The van der Waals surface area contributed by atoms with Crippen LogP contribution in [-0.2, 0) is 4.74 Å². The second-order valence-electron chi connectivity index (χ2n) is 5.34. The maximum atomic E-state index is 12.4. The van der Waals surface area contributed by atoms with Crippen molar-refractivity contribution in [1.29, 1.82) is 0 Å². The third-order valence-corrected chi connectivity index (χ3v) is 4.09. The molecule has 2 aromatic carbocycles. The van der Waals surface area contributed by atoms with E-state index in [4.69, 9.17) is 9.26 Å². The van der Waals surface area contributed by atoms with Gasteiger partial charge in [-0.05, 0) is 19.1 Å². The average Bonchev–Trinajstić information content (AvgIpc) is 3.02. The molecule has 0 fully saturated rings. The number of hydrogen-bond acceptors (Lipinski definition) is 5. The molecule has 6 heteroatoms. The van der Waals surface area contributed by atoms with Gasteiger partial charge in [0.15, 0.2) is 12.4 Å². The van der Waals surface area contributed by atoms with Crippen LogP contribution in [-0.4, -0.2) is 23.5 Å². The molecule has 0 amide bonds. The highest BCUT2D eigenvalue weighted by atomic mass is 79.9. The normalized spacial score (nSPS) is 10.5. The predicted molar refractivity (Wildman–Crippen MR) is 95.4 cm³/mol. The van der Waals surface area contributed by atoms with Crippen LogP contribution in [0.2, 0.25) is 0 Å². The number of Topliss-reactive ketones (excluding diaryl/α,β-unsaturated/α-hetero) is 1. The second-order valence-corrected chi connectivity index (χ2v) is 6.25. The number of rotatable bonds is 5. The number of ether oxygens (including phenoxy) is 1. The van der Waals surface area contributed by atoms with Crippen LogP contribution in [0.25, 0.3) is 11.3 Å². The molecule has 0 radical (unpaired) electrons. The summed E-state index contributed by atoms with van der Waals surface area (Å²) in [6.45, 7) is 1.28. The van der Waals surface area contributed by atoms with Gasteiger partial charge in [-0.3, -0.25) is 4.79 Å². The Morgan fingerprint density at radius 1 is 1.12 bits per heavy atom. The first-order valence-electron chi connectivity index (χ1n) is 7.54. The third kappa shape index (κ3) is 3.85. The van der Waals surface area contributed by atoms with E-state index in [0.29, 0.717) is 17.0 Å². The van der Waals surface area contributed by atoms with Gasteiger partial charge in [0, 0.05) is 15.6 Å². The summed E-state index contributed by atoms with van der Waals surface area (Å²) in [7, 11) is 0. The van der Waals surface area contributed by atoms with Crippen LogP contribution >= 0.6 is 15.9 Å². The largest absolute Gasteiger partial charge is 0.454 e. The Morgan fingerprint density at radius 2 is 1.88 bits per heavy atom. The molecule has 5 nitrogen and oxygen atoms in total. The van der Waals surface area contributed by atoms with Gasteiger partial charge in [-0.1, -0.05) is 63.6 Å². The molecule has 25 heavy (non-hydrogen) atoms. The van der Waals surface area contributed by atoms with Gasteiger partial charge in [-0.2, -0.15) is 0 Å². The highest BCUT2D eigenvalue weighted by molar-refractivity contribution is 9.10. The second kappa shape index (κ2) is 7.44. The van der Waals surface area contributed by atoms with Gasteiger partial charge >= 0.3 is 5.97 Å². The van der Waals surface area contributed by atoms with Crippen molar-refractivity contribution in [3.8, 4) is 11.3 Å². The first-order chi connectivity index (χ1) is 12.1. The van der Waals surface area contributed by atoms with Crippen molar-refractivity contribution in [2.24, 2.45) is 0 Å². The molecule has 0 spiro atoms. The van der Waals surface area contributed by atoms with Crippen LogP contribution < -0.4 is 0 Å². The molecule has 3 rings (SSSR count). The lowest BCUT2D eigenvalue weighted by Gasteiger charge is -2.05. The van der Waals surface area contributed by atoms with Gasteiger partial charge in [0.05, 0.1) is 0 Å². The van der Waals surface area contributed by atoms with Gasteiger partial charge in [0.25, 0.3) is 0 Å². The van der Waals surface area contributed by atoms with Crippen molar-refractivity contribution in [1.82, 2.24) is 5.16 Å². The van der Waals surface area contributed by atoms with Crippen molar-refractivity contribution >= 4 is 27.7 Å². The van der Waals surface area contributed by atoms with Crippen molar-refractivity contribution in [3.05, 3.63) is 76.0 Å². The first-order valence-corrected chi connectivity index (χ1v) is 8.33. The number of halogens is 1. The molecule has 0 aliphatic rings. The number of aromatic nitrogens is 1. The quantitative estimate of drug-likeness (QED) is 0.468. The number of nitrogens with zero attached hydrogens (tertiary/aromatic N) is 1. The molecule has 0 saturated carbocycles. The van der Waals surface area contributed by atoms with Crippen molar-refractivity contribution in [2.45, 2.75) is 6.92 Å².